The highest BCUT2D eigenvalue weighted by atomic mass is 16.5. The number of ether oxygens (including phenoxy) is 1. The Hall–Kier alpha value is -3.04. The molecule has 0 unspecified atom stereocenters. The summed E-state index contributed by atoms with van der Waals surface area (Å²) in [5.74, 6) is 0.800. The minimum absolute atomic E-state index is 0.0532. The first-order valence-corrected chi connectivity index (χ1v) is 9.16. The molecule has 1 amide bonds. The van der Waals surface area contributed by atoms with Crippen LogP contribution < -0.4 is 19.9 Å². The molecule has 1 fully saturated rings. The van der Waals surface area contributed by atoms with E-state index in [1.807, 2.05) is 31.2 Å². The first kappa shape index (κ1) is 18.7. The highest BCUT2D eigenvalue weighted by Crippen LogP contribution is 2.20. The molecule has 140 valence electrons. The molecule has 0 radical (unpaired) electrons. The van der Waals surface area contributed by atoms with Crippen LogP contribution in [0.1, 0.15) is 12.5 Å². The normalized spacial score (nSPS) is 15.7. The molecule has 1 saturated heterocycles. The number of benzene rings is 2. The quantitative estimate of drug-likeness (QED) is 0.838. The predicted octanol–water partition coefficient (Wildman–Crippen LogP) is 1.30. The molecule has 27 heavy (non-hydrogen) atoms. The van der Waals surface area contributed by atoms with Crippen LogP contribution in [0.5, 0.6) is 5.75 Å². The molecule has 0 saturated carbocycles. The molecule has 2 aromatic rings. The Morgan fingerprint density at radius 1 is 1.22 bits per heavy atom. The Balaban J connectivity index is 1.58. The topological polar surface area (TPSA) is 69.8 Å². The minimum atomic E-state index is -0.177. The van der Waals surface area contributed by atoms with Crippen molar-refractivity contribution < 1.29 is 14.4 Å². The van der Waals surface area contributed by atoms with Crippen LogP contribution in [-0.2, 0) is 4.79 Å². The molecule has 6 nitrogen and oxygen atoms in total. The fourth-order valence-corrected chi connectivity index (χ4v) is 3.41. The van der Waals surface area contributed by atoms with Gasteiger partial charge < -0.3 is 19.9 Å². The molecule has 2 N–H and O–H groups in total. The third kappa shape index (κ3) is 4.39. The summed E-state index contributed by atoms with van der Waals surface area (Å²) in [6.07, 6.45) is 0. The van der Waals surface area contributed by atoms with Gasteiger partial charge in [0.15, 0.2) is 6.04 Å². The lowest BCUT2D eigenvalue weighted by Crippen LogP contribution is -3.19. The number of nitrogens with zero attached hydrogens (tertiary/aromatic N) is 2. The SMILES string of the molecule is COc1cccc(N2CC[NH+]([C@@H](C)C(=O)Nc3ccccc3C#N)CC2)c1. The monoisotopic (exact) mass is 365 g/mol. The van der Waals surface area contributed by atoms with Crippen LogP contribution in [0.2, 0.25) is 0 Å². The average molecular weight is 365 g/mol. The summed E-state index contributed by atoms with van der Waals surface area (Å²) in [5, 5.41) is 12.1. The van der Waals surface area contributed by atoms with E-state index in [0.29, 0.717) is 11.3 Å². The summed E-state index contributed by atoms with van der Waals surface area (Å²) >= 11 is 0. The Labute approximate surface area is 160 Å². The van der Waals surface area contributed by atoms with Crippen molar-refractivity contribution in [2.45, 2.75) is 13.0 Å². The second-order valence-corrected chi connectivity index (χ2v) is 6.72. The van der Waals surface area contributed by atoms with Crippen LogP contribution in [0, 0.1) is 11.3 Å². The second-order valence-electron chi connectivity index (χ2n) is 6.72. The Bertz CT molecular complexity index is 838. The summed E-state index contributed by atoms with van der Waals surface area (Å²) in [6.45, 7) is 5.47. The van der Waals surface area contributed by atoms with Gasteiger partial charge in [0, 0.05) is 11.8 Å². The molecule has 0 aliphatic carbocycles. The summed E-state index contributed by atoms with van der Waals surface area (Å²) < 4.78 is 5.30. The number of anilines is 2. The highest BCUT2D eigenvalue weighted by molar-refractivity contribution is 5.94. The number of nitriles is 1. The molecule has 1 atom stereocenters. The summed E-state index contributed by atoms with van der Waals surface area (Å²) in [7, 11) is 1.67. The maximum absolute atomic E-state index is 12.6. The van der Waals surface area contributed by atoms with Crippen molar-refractivity contribution >= 4 is 17.3 Å². The van der Waals surface area contributed by atoms with Gasteiger partial charge in [-0.2, -0.15) is 5.26 Å². The number of para-hydroxylation sites is 1. The van der Waals surface area contributed by atoms with Crippen LogP contribution in [0.15, 0.2) is 48.5 Å². The number of carbonyl (C=O) groups excluding carboxylic acids is 1. The van der Waals surface area contributed by atoms with Crippen LogP contribution in [0.3, 0.4) is 0 Å². The number of amides is 1. The lowest BCUT2D eigenvalue weighted by atomic mass is 10.1. The van der Waals surface area contributed by atoms with E-state index in [1.54, 1.807) is 25.3 Å². The van der Waals surface area contributed by atoms with Crippen molar-refractivity contribution in [3.8, 4) is 11.8 Å². The Kier molecular flexibility index (Phi) is 5.94. The van der Waals surface area contributed by atoms with Crippen molar-refractivity contribution in [2.24, 2.45) is 0 Å². The van der Waals surface area contributed by atoms with E-state index in [0.717, 1.165) is 37.6 Å². The van der Waals surface area contributed by atoms with Crippen molar-refractivity contribution in [1.82, 2.24) is 0 Å². The van der Waals surface area contributed by atoms with Crippen molar-refractivity contribution in [3.05, 3.63) is 54.1 Å². The zero-order valence-corrected chi connectivity index (χ0v) is 15.7. The maximum atomic E-state index is 12.6. The van der Waals surface area contributed by atoms with E-state index in [9.17, 15) is 10.1 Å². The van der Waals surface area contributed by atoms with Gasteiger partial charge in [-0.25, -0.2) is 0 Å². The lowest BCUT2D eigenvalue weighted by Gasteiger charge is -2.36. The average Bonchev–Trinajstić information content (AvgIpc) is 2.73. The second kappa shape index (κ2) is 8.56. The molecule has 2 aromatic carbocycles. The van der Waals surface area contributed by atoms with Gasteiger partial charge in [-0.1, -0.05) is 18.2 Å². The third-order valence-electron chi connectivity index (χ3n) is 5.14. The number of hydrogen-bond acceptors (Lipinski definition) is 4. The van der Waals surface area contributed by atoms with Gasteiger partial charge >= 0.3 is 0 Å². The first-order chi connectivity index (χ1) is 13.1. The molecule has 1 heterocycles. The zero-order chi connectivity index (χ0) is 19.2. The summed E-state index contributed by atoms with van der Waals surface area (Å²) in [5.41, 5.74) is 2.20. The molecule has 0 spiro atoms. The Morgan fingerprint density at radius 3 is 2.67 bits per heavy atom. The molecule has 0 aromatic heterocycles. The summed E-state index contributed by atoms with van der Waals surface area (Å²) in [4.78, 5) is 16.2. The van der Waals surface area contributed by atoms with Crippen LogP contribution >= 0.6 is 0 Å². The largest absolute Gasteiger partial charge is 0.497 e. The third-order valence-corrected chi connectivity index (χ3v) is 5.14. The van der Waals surface area contributed by atoms with Gasteiger partial charge in [-0.15, -0.1) is 0 Å². The van der Waals surface area contributed by atoms with Gasteiger partial charge in [0.1, 0.15) is 11.8 Å². The molecule has 6 heteroatoms. The fraction of sp³-hybridized carbons (Fsp3) is 0.333. The highest BCUT2D eigenvalue weighted by Gasteiger charge is 2.29. The maximum Gasteiger partial charge on any atom is 0.282 e. The van der Waals surface area contributed by atoms with E-state index in [4.69, 9.17) is 4.74 Å². The number of rotatable bonds is 5. The number of quaternary nitrogens is 1. The molecular weight excluding hydrogens is 340 g/mol. The van der Waals surface area contributed by atoms with Crippen molar-refractivity contribution in [2.75, 3.05) is 43.5 Å². The van der Waals surface area contributed by atoms with Gasteiger partial charge in [0.2, 0.25) is 0 Å². The molecule has 1 aliphatic heterocycles. The van der Waals surface area contributed by atoms with E-state index >= 15 is 0 Å². The van der Waals surface area contributed by atoms with Gasteiger partial charge in [-0.3, -0.25) is 4.79 Å². The first-order valence-electron chi connectivity index (χ1n) is 9.16. The van der Waals surface area contributed by atoms with Crippen LogP contribution in [-0.4, -0.2) is 45.2 Å². The van der Waals surface area contributed by atoms with Gasteiger partial charge in [0.05, 0.1) is 44.5 Å². The van der Waals surface area contributed by atoms with Gasteiger partial charge in [0.25, 0.3) is 5.91 Å². The molecular formula is C21H25N4O2+. The molecule has 1 aliphatic rings. The number of hydrogen-bond donors (Lipinski definition) is 2. The smallest absolute Gasteiger partial charge is 0.282 e. The Morgan fingerprint density at radius 2 is 1.96 bits per heavy atom. The molecule has 3 rings (SSSR count). The number of carbonyl (C=O) groups is 1. The fourth-order valence-electron chi connectivity index (χ4n) is 3.41. The van der Waals surface area contributed by atoms with Crippen molar-refractivity contribution in [3.63, 3.8) is 0 Å². The number of methoxy groups -OCH3 is 1. The predicted molar refractivity (Wildman–Crippen MR) is 105 cm³/mol. The zero-order valence-electron chi connectivity index (χ0n) is 15.7. The van der Waals surface area contributed by atoms with Crippen LogP contribution in [0.25, 0.3) is 0 Å². The minimum Gasteiger partial charge on any atom is -0.497 e. The lowest BCUT2D eigenvalue weighted by molar-refractivity contribution is -0.914. The van der Waals surface area contributed by atoms with E-state index in [-0.39, 0.29) is 11.9 Å². The number of piperazine rings is 1. The van der Waals surface area contributed by atoms with E-state index < -0.39 is 0 Å². The molecule has 0 bridgehead atoms. The standard InChI is InChI=1S/C21H24N4O2/c1-16(21(26)23-20-9-4-3-6-17(20)15-22)24-10-12-25(13-11-24)18-7-5-8-19(14-18)27-2/h3-9,14,16H,10-13H2,1-2H3,(H,23,26)/p+1/t16-/m0/s1. The van der Waals surface area contributed by atoms with Crippen LogP contribution in [0.4, 0.5) is 11.4 Å². The van der Waals surface area contributed by atoms with E-state index in [2.05, 4.69) is 22.4 Å². The number of nitrogens with one attached hydrogen (secondary N) is 2. The van der Waals surface area contributed by atoms with Gasteiger partial charge in [-0.05, 0) is 31.2 Å². The summed E-state index contributed by atoms with van der Waals surface area (Å²) in [6, 6.07) is 17.1. The van der Waals surface area contributed by atoms with E-state index in [1.165, 1.54) is 4.90 Å². The van der Waals surface area contributed by atoms with Crippen molar-refractivity contribution in [1.29, 1.82) is 5.26 Å².